The fraction of sp³-hybridized carbons (Fsp3) is 0.0741. The molecule has 0 saturated carbocycles. The molecular formula is C27H19BrN4O5. The first-order chi connectivity index (χ1) is 17.7. The molecule has 10 heteroatoms. The van der Waals surface area contributed by atoms with Crippen LogP contribution in [0.5, 0.6) is 0 Å². The molecule has 0 atom stereocenters. The molecule has 5 rings (SSSR count). The maximum absolute atomic E-state index is 13.4. The number of para-hydroxylation sites is 1. The molecule has 0 spiro atoms. The number of amides is 4. The summed E-state index contributed by atoms with van der Waals surface area (Å²) < 4.78 is 2.72. The first-order valence-electron chi connectivity index (χ1n) is 11.2. The first kappa shape index (κ1) is 24.1. The molecule has 2 heterocycles. The molecule has 9 nitrogen and oxygen atoms in total. The molecule has 0 aliphatic carbocycles. The Kier molecular flexibility index (Phi) is 6.18. The summed E-state index contributed by atoms with van der Waals surface area (Å²) >= 11 is 3.40. The van der Waals surface area contributed by atoms with E-state index in [9.17, 15) is 24.5 Å². The number of carbonyl (C=O) groups excluding carboxylic acids is 3. The normalized spacial score (nSPS) is 14.9. The lowest BCUT2D eigenvalue weighted by Crippen LogP contribution is -2.54. The Morgan fingerprint density at radius 3 is 2.57 bits per heavy atom. The molecule has 3 aromatic carbocycles. The van der Waals surface area contributed by atoms with Gasteiger partial charge in [0, 0.05) is 45.8 Å². The quantitative estimate of drug-likeness (QED) is 0.154. The third-order valence-corrected chi connectivity index (χ3v) is 6.98. The topological polar surface area (TPSA) is 115 Å². The Bertz CT molecular complexity index is 1660. The number of hydrogen-bond acceptors (Lipinski definition) is 5. The molecule has 4 aromatic rings. The van der Waals surface area contributed by atoms with E-state index in [0.29, 0.717) is 17.8 Å². The lowest BCUT2D eigenvalue weighted by molar-refractivity contribution is -0.384. The van der Waals surface area contributed by atoms with Crippen molar-refractivity contribution in [2.45, 2.75) is 13.5 Å². The number of aromatic nitrogens is 1. The highest BCUT2D eigenvalue weighted by atomic mass is 79.9. The molecule has 1 fully saturated rings. The monoisotopic (exact) mass is 558 g/mol. The van der Waals surface area contributed by atoms with E-state index in [2.05, 4.69) is 21.2 Å². The predicted octanol–water partition coefficient (Wildman–Crippen LogP) is 5.34. The molecule has 1 aliphatic heterocycles. The minimum atomic E-state index is -0.818. The van der Waals surface area contributed by atoms with E-state index >= 15 is 0 Å². The molecule has 184 valence electrons. The maximum atomic E-state index is 13.4. The molecule has 1 N–H and O–H groups in total. The van der Waals surface area contributed by atoms with E-state index in [0.717, 1.165) is 31.4 Å². The Morgan fingerprint density at radius 2 is 1.81 bits per heavy atom. The number of urea groups is 1. The summed E-state index contributed by atoms with van der Waals surface area (Å²) in [6.45, 7) is 2.17. The van der Waals surface area contributed by atoms with Crippen LogP contribution in [0, 0.1) is 17.0 Å². The van der Waals surface area contributed by atoms with Gasteiger partial charge in [-0.1, -0.05) is 46.3 Å². The maximum Gasteiger partial charge on any atom is 0.335 e. The summed E-state index contributed by atoms with van der Waals surface area (Å²) in [5.74, 6) is -1.51. The van der Waals surface area contributed by atoms with Crippen molar-refractivity contribution in [3.05, 3.63) is 110 Å². The number of fused-ring (bicyclic) bond motifs is 1. The average Bonchev–Trinajstić information content (AvgIpc) is 3.21. The SMILES string of the molecule is Cc1cc(N2C(=O)NC(=O)/C(=C\c3cn(Cc4cccc([N+](=O)[O-])c4)c4ccccc34)C2=O)ccc1Br. The predicted molar refractivity (Wildman–Crippen MR) is 142 cm³/mol. The van der Waals surface area contributed by atoms with Crippen LogP contribution in [-0.4, -0.2) is 27.3 Å². The van der Waals surface area contributed by atoms with Crippen molar-refractivity contribution >= 4 is 62.1 Å². The highest BCUT2D eigenvalue weighted by Crippen LogP contribution is 2.29. The molecule has 4 amide bonds. The highest BCUT2D eigenvalue weighted by Gasteiger charge is 2.37. The van der Waals surface area contributed by atoms with E-state index in [-0.39, 0.29) is 11.3 Å². The van der Waals surface area contributed by atoms with Crippen LogP contribution in [0.15, 0.2) is 83.0 Å². The fourth-order valence-electron chi connectivity index (χ4n) is 4.30. The zero-order chi connectivity index (χ0) is 26.3. The number of barbiturate groups is 1. The van der Waals surface area contributed by atoms with Crippen molar-refractivity contribution in [3.63, 3.8) is 0 Å². The molecule has 0 bridgehead atoms. The van der Waals surface area contributed by atoms with Crippen LogP contribution in [0.1, 0.15) is 16.7 Å². The standard InChI is InChI=1S/C27H19BrN4O5/c1-16-11-19(9-10-23(16)28)31-26(34)22(25(33)29-27(31)35)13-18-15-30(24-8-3-2-7-21(18)24)14-17-5-4-6-20(12-17)32(36)37/h2-13,15H,14H2,1H3,(H,29,33,35)/b22-13+. The third-order valence-electron chi connectivity index (χ3n) is 6.09. The number of hydrogen-bond donors (Lipinski definition) is 1. The van der Waals surface area contributed by atoms with Crippen LogP contribution in [0.4, 0.5) is 16.2 Å². The molecular weight excluding hydrogens is 540 g/mol. The zero-order valence-electron chi connectivity index (χ0n) is 19.5. The lowest BCUT2D eigenvalue weighted by Gasteiger charge is -2.26. The van der Waals surface area contributed by atoms with Gasteiger partial charge >= 0.3 is 6.03 Å². The van der Waals surface area contributed by atoms with Gasteiger partial charge in [-0.2, -0.15) is 0 Å². The van der Waals surface area contributed by atoms with Crippen molar-refractivity contribution in [3.8, 4) is 0 Å². The van der Waals surface area contributed by atoms with Gasteiger partial charge in [-0.05, 0) is 48.4 Å². The number of anilines is 1. The largest absolute Gasteiger partial charge is 0.342 e. The van der Waals surface area contributed by atoms with Crippen LogP contribution < -0.4 is 10.2 Å². The smallest absolute Gasteiger partial charge is 0.335 e. The van der Waals surface area contributed by atoms with E-state index in [1.54, 1.807) is 36.5 Å². The zero-order valence-corrected chi connectivity index (χ0v) is 21.1. The molecule has 1 saturated heterocycles. The number of non-ortho nitro benzene ring substituents is 1. The minimum Gasteiger partial charge on any atom is -0.342 e. The Morgan fingerprint density at radius 1 is 1.03 bits per heavy atom. The van der Waals surface area contributed by atoms with E-state index < -0.39 is 22.8 Å². The summed E-state index contributed by atoms with van der Waals surface area (Å²) in [5.41, 5.74) is 3.12. The van der Waals surface area contributed by atoms with Gasteiger partial charge in [-0.15, -0.1) is 0 Å². The fourth-order valence-corrected chi connectivity index (χ4v) is 4.55. The molecule has 1 aromatic heterocycles. The molecule has 37 heavy (non-hydrogen) atoms. The molecule has 0 radical (unpaired) electrons. The summed E-state index contributed by atoms with van der Waals surface area (Å²) in [6.07, 6.45) is 3.25. The number of nitro benzene ring substituents is 1. The van der Waals surface area contributed by atoms with Gasteiger partial charge in [0.15, 0.2) is 0 Å². The number of nitrogens with zero attached hydrogens (tertiary/aromatic N) is 3. The van der Waals surface area contributed by atoms with Gasteiger partial charge in [-0.25, -0.2) is 9.69 Å². The van der Waals surface area contributed by atoms with E-state index in [1.165, 1.54) is 18.2 Å². The average molecular weight is 559 g/mol. The van der Waals surface area contributed by atoms with Crippen LogP contribution in [0.2, 0.25) is 0 Å². The number of nitrogens with one attached hydrogen (secondary N) is 1. The number of carbonyl (C=O) groups is 3. The van der Waals surface area contributed by atoms with Crippen LogP contribution in [-0.2, 0) is 16.1 Å². The van der Waals surface area contributed by atoms with Gasteiger partial charge in [-0.3, -0.25) is 25.0 Å². The van der Waals surface area contributed by atoms with Crippen molar-refractivity contribution in [1.29, 1.82) is 0 Å². The van der Waals surface area contributed by atoms with Crippen molar-refractivity contribution in [2.75, 3.05) is 4.90 Å². The number of rotatable bonds is 5. The second kappa shape index (κ2) is 9.47. The van der Waals surface area contributed by atoms with Gasteiger partial charge < -0.3 is 4.57 Å². The van der Waals surface area contributed by atoms with Crippen molar-refractivity contribution in [2.24, 2.45) is 0 Å². The number of benzene rings is 3. The van der Waals surface area contributed by atoms with Gasteiger partial charge in [0.2, 0.25) is 0 Å². The van der Waals surface area contributed by atoms with Gasteiger partial charge in [0.1, 0.15) is 5.57 Å². The number of imide groups is 2. The number of nitro groups is 1. The number of aryl methyl sites for hydroxylation is 1. The third kappa shape index (κ3) is 4.54. The first-order valence-corrected chi connectivity index (χ1v) is 12.0. The number of halogens is 1. The van der Waals surface area contributed by atoms with Crippen LogP contribution in [0.3, 0.4) is 0 Å². The summed E-state index contributed by atoms with van der Waals surface area (Å²) in [7, 11) is 0. The summed E-state index contributed by atoms with van der Waals surface area (Å²) in [4.78, 5) is 50.4. The minimum absolute atomic E-state index is 0.00582. The molecule has 1 aliphatic rings. The second-order valence-corrected chi connectivity index (χ2v) is 9.40. The van der Waals surface area contributed by atoms with Crippen molar-refractivity contribution < 1.29 is 19.3 Å². The second-order valence-electron chi connectivity index (χ2n) is 8.55. The van der Waals surface area contributed by atoms with Crippen molar-refractivity contribution in [1.82, 2.24) is 9.88 Å². The van der Waals surface area contributed by atoms with Gasteiger partial charge in [0.25, 0.3) is 17.5 Å². The van der Waals surface area contributed by atoms with Crippen LogP contribution >= 0.6 is 15.9 Å². The van der Waals surface area contributed by atoms with E-state index in [1.807, 2.05) is 35.8 Å². The summed E-state index contributed by atoms with van der Waals surface area (Å²) in [5, 5.41) is 14.2. The Labute approximate surface area is 219 Å². The van der Waals surface area contributed by atoms with Gasteiger partial charge in [0.05, 0.1) is 10.6 Å². The highest BCUT2D eigenvalue weighted by molar-refractivity contribution is 9.10. The van der Waals surface area contributed by atoms with E-state index in [4.69, 9.17) is 0 Å². The Balaban J connectivity index is 1.56. The lowest BCUT2D eigenvalue weighted by atomic mass is 10.1. The van der Waals surface area contributed by atoms with Crippen LogP contribution in [0.25, 0.3) is 17.0 Å². The Hall–Kier alpha value is -4.57. The molecule has 0 unspecified atom stereocenters. The summed E-state index contributed by atoms with van der Waals surface area (Å²) in [6, 6.07) is 18.0.